The van der Waals surface area contributed by atoms with Crippen LogP contribution in [0.25, 0.3) is 0 Å². The van der Waals surface area contributed by atoms with Gasteiger partial charge >= 0.3 is 0 Å². The Morgan fingerprint density at radius 2 is 1.81 bits per heavy atom. The van der Waals surface area contributed by atoms with Crippen LogP contribution in [0.3, 0.4) is 0 Å². The third kappa shape index (κ3) is 2.01. The fraction of sp³-hybridized carbons (Fsp3) is 0.600. The molecule has 1 heteroatoms. The van der Waals surface area contributed by atoms with Crippen LogP contribution in [0.5, 0.6) is 0 Å². The molecule has 0 aliphatic carbocycles. The standard InChI is InChI=1S/C15H23N/c1-3-10-15(11-4-2)14-8-6-5-7-13(14)9-12-16-15/h5-8,16H,3-4,9-12H2,1-2H3. The van der Waals surface area contributed by atoms with Gasteiger partial charge in [0.1, 0.15) is 0 Å². The van der Waals surface area contributed by atoms with Crippen LogP contribution in [-0.4, -0.2) is 6.54 Å². The molecule has 0 unspecified atom stereocenters. The second-order valence-electron chi connectivity index (χ2n) is 4.92. The number of nitrogens with one attached hydrogen (secondary N) is 1. The zero-order chi connectivity index (χ0) is 11.4. The van der Waals surface area contributed by atoms with Crippen LogP contribution in [0.1, 0.15) is 50.7 Å². The molecule has 88 valence electrons. The summed E-state index contributed by atoms with van der Waals surface area (Å²) in [5.74, 6) is 0. The quantitative estimate of drug-likeness (QED) is 0.812. The predicted molar refractivity (Wildman–Crippen MR) is 69.6 cm³/mol. The van der Waals surface area contributed by atoms with Crippen molar-refractivity contribution in [1.29, 1.82) is 0 Å². The Kier molecular flexibility index (Phi) is 3.65. The highest BCUT2D eigenvalue weighted by Crippen LogP contribution is 2.36. The largest absolute Gasteiger partial charge is 0.307 e. The van der Waals surface area contributed by atoms with Gasteiger partial charge in [-0.15, -0.1) is 0 Å². The second kappa shape index (κ2) is 5.01. The van der Waals surface area contributed by atoms with Crippen LogP contribution in [-0.2, 0) is 12.0 Å². The molecule has 0 aromatic heterocycles. The van der Waals surface area contributed by atoms with Crippen molar-refractivity contribution in [3.8, 4) is 0 Å². The van der Waals surface area contributed by atoms with E-state index in [-0.39, 0.29) is 5.54 Å². The Hall–Kier alpha value is -0.820. The van der Waals surface area contributed by atoms with Crippen LogP contribution in [0.4, 0.5) is 0 Å². The van der Waals surface area contributed by atoms with Gasteiger partial charge in [0.2, 0.25) is 0 Å². The number of rotatable bonds is 4. The van der Waals surface area contributed by atoms with Gasteiger partial charge in [-0.25, -0.2) is 0 Å². The minimum Gasteiger partial charge on any atom is -0.307 e. The Bertz CT molecular complexity index is 337. The fourth-order valence-corrected chi connectivity index (χ4v) is 3.16. The van der Waals surface area contributed by atoms with Crippen molar-refractivity contribution in [3.63, 3.8) is 0 Å². The lowest BCUT2D eigenvalue weighted by atomic mass is 9.76. The first-order chi connectivity index (χ1) is 7.82. The third-order valence-electron chi connectivity index (χ3n) is 3.74. The summed E-state index contributed by atoms with van der Waals surface area (Å²) in [6.45, 7) is 5.71. The van der Waals surface area contributed by atoms with Crippen molar-refractivity contribution in [2.75, 3.05) is 6.54 Å². The van der Waals surface area contributed by atoms with Gasteiger partial charge in [-0.05, 0) is 30.4 Å². The van der Waals surface area contributed by atoms with E-state index in [0.717, 1.165) is 6.54 Å². The summed E-state index contributed by atoms with van der Waals surface area (Å²) in [5.41, 5.74) is 3.38. The molecule has 1 aliphatic rings. The van der Waals surface area contributed by atoms with Crippen molar-refractivity contribution in [3.05, 3.63) is 35.4 Å². The van der Waals surface area contributed by atoms with E-state index in [2.05, 4.69) is 43.4 Å². The zero-order valence-electron chi connectivity index (χ0n) is 10.6. The maximum atomic E-state index is 3.79. The van der Waals surface area contributed by atoms with Crippen LogP contribution >= 0.6 is 0 Å². The Morgan fingerprint density at radius 3 is 2.50 bits per heavy atom. The Labute approximate surface area is 99.3 Å². The van der Waals surface area contributed by atoms with E-state index in [1.165, 1.54) is 32.1 Å². The Balaban J connectivity index is 2.39. The van der Waals surface area contributed by atoms with Crippen LogP contribution in [0, 0.1) is 0 Å². The van der Waals surface area contributed by atoms with Gasteiger partial charge in [-0.2, -0.15) is 0 Å². The normalized spacial score (nSPS) is 18.1. The van der Waals surface area contributed by atoms with Gasteiger partial charge in [0, 0.05) is 12.1 Å². The highest BCUT2D eigenvalue weighted by Gasteiger charge is 2.33. The lowest BCUT2D eigenvalue weighted by Gasteiger charge is -2.40. The van der Waals surface area contributed by atoms with E-state index in [9.17, 15) is 0 Å². The van der Waals surface area contributed by atoms with Crippen LogP contribution in [0.15, 0.2) is 24.3 Å². The molecule has 0 amide bonds. The maximum Gasteiger partial charge on any atom is 0.0437 e. The second-order valence-corrected chi connectivity index (χ2v) is 4.92. The summed E-state index contributed by atoms with van der Waals surface area (Å²) in [7, 11) is 0. The number of hydrogen-bond acceptors (Lipinski definition) is 1. The molecule has 1 heterocycles. The molecule has 1 aromatic rings. The fourth-order valence-electron chi connectivity index (χ4n) is 3.16. The molecular formula is C15H23N. The average Bonchev–Trinajstić information content (AvgIpc) is 2.30. The monoisotopic (exact) mass is 217 g/mol. The summed E-state index contributed by atoms with van der Waals surface area (Å²) in [6.07, 6.45) is 6.21. The molecule has 1 N–H and O–H groups in total. The van der Waals surface area contributed by atoms with E-state index in [1.807, 2.05) is 0 Å². The number of fused-ring (bicyclic) bond motifs is 1. The van der Waals surface area contributed by atoms with Crippen molar-refractivity contribution < 1.29 is 0 Å². The zero-order valence-corrected chi connectivity index (χ0v) is 10.6. The van der Waals surface area contributed by atoms with Gasteiger partial charge < -0.3 is 5.32 Å². The molecule has 0 spiro atoms. The van der Waals surface area contributed by atoms with Crippen LogP contribution < -0.4 is 5.32 Å². The first-order valence-electron chi connectivity index (χ1n) is 6.66. The predicted octanol–water partition coefficient (Wildman–Crippen LogP) is 3.63. The number of hydrogen-bond donors (Lipinski definition) is 1. The first kappa shape index (κ1) is 11.7. The molecule has 0 saturated heterocycles. The number of benzene rings is 1. The van der Waals surface area contributed by atoms with Gasteiger partial charge in [-0.1, -0.05) is 51.0 Å². The molecule has 2 rings (SSSR count). The highest BCUT2D eigenvalue weighted by atomic mass is 15.0. The topological polar surface area (TPSA) is 12.0 Å². The molecule has 0 fully saturated rings. The van der Waals surface area contributed by atoms with Gasteiger partial charge in [0.15, 0.2) is 0 Å². The first-order valence-corrected chi connectivity index (χ1v) is 6.66. The molecule has 1 aliphatic heterocycles. The van der Waals surface area contributed by atoms with Crippen molar-refractivity contribution in [2.24, 2.45) is 0 Å². The van der Waals surface area contributed by atoms with E-state index in [1.54, 1.807) is 11.1 Å². The lowest BCUT2D eigenvalue weighted by molar-refractivity contribution is 0.266. The van der Waals surface area contributed by atoms with E-state index in [4.69, 9.17) is 0 Å². The highest BCUT2D eigenvalue weighted by molar-refractivity contribution is 5.36. The Morgan fingerprint density at radius 1 is 1.12 bits per heavy atom. The summed E-state index contributed by atoms with van der Waals surface area (Å²) in [5, 5.41) is 3.79. The van der Waals surface area contributed by atoms with Crippen molar-refractivity contribution >= 4 is 0 Å². The third-order valence-corrected chi connectivity index (χ3v) is 3.74. The molecule has 16 heavy (non-hydrogen) atoms. The van der Waals surface area contributed by atoms with Gasteiger partial charge in [0.05, 0.1) is 0 Å². The van der Waals surface area contributed by atoms with E-state index >= 15 is 0 Å². The lowest BCUT2D eigenvalue weighted by Crippen LogP contribution is -2.47. The van der Waals surface area contributed by atoms with Crippen molar-refractivity contribution in [1.82, 2.24) is 5.32 Å². The minimum absolute atomic E-state index is 0.262. The summed E-state index contributed by atoms with van der Waals surface area (Å²) in [4.78, 5) is 0. The summed E-state index contributed by atoms with van der Waals surface area (Å²) < 4.78 is 0. The smallest absolute Gasteiger partial charge is 0.0437 e. The maximum absolute atomic E-state index is 3.79. The summed E-state index contributed by atoms with van der Waals surface area (Å²) >= 11 is 0. The van der Waals surface area contributed by atoms with Gasteiger partial charge in [0.25, 0.3) is 0 Å². The van der Waals surface area contributed by atoms with Gasteiger partial charge in [-0.3, -0.25) is 0 Å². The van der Waals surface area contributed by atoms with E-state index < -0.39 is 0 Å². The molecule has 0 radical (unpaired) electrons. The molecule has 0 bridgehead atoms. The van der Waals surface area contributed by atoms with Crippen molar-refractivity contribution in [2.45, 2.75) is 51.5 Å². The van der Waals surface area contributed by atoms with Crippen LogP contribution in [0.2, 0.25) is 0 Å². The molecule has 1 nitrogen and oxygen atoms in total. The van der Waals surface area contributed by atoms with E-state index in [0.29, 0.717) is 0 Å². The SMILES string of the molecule is CCCC1(CCC)NCCc2ccccc21. The summed E-state index contributed by atoms with van der Waals surface area (Å²) in [6, 6.07) is 8.99. The average molecular weight is 217 g/mol. The molecule has 0 saturated carbocycles. The minimum atomic E-state index is 0.262. The molecule has 0 atom stereocenters. The molecular weight excluding hydrogens is 194 g/mol. The molecule has 1 aromatic carbocycles.